The zero-order chi connectivity index (χ0) is 9.84. The molecule has 0 bridgehead atoms. The third kappa shape index (κ3) is 2.45. The normalized spacial score (nSPS) is 9.69. The first-order valence-electron chi connectivity index (χ1n) is 3.99. The van der Waals surface area contributed by atoms with E-state index in [9.17, 15) is 4.79 Å². The van der Waals surface area contributed by atoms with Gasteiger partial charge in [-0.15, -0.1) is 0 Å². The van der Waals surface area contributed by atoms with Crippen LogP contribution in [-0.4, -0.2) is 5.91 Å². The van der Waals surface area contributed by atoms with Crippen molar-refractivity contribution in [2.24, 2.45) is 0 Å². The van der Waals surface area contributed by atoms with Crippen LogP contribution in [-0.2, 0) is 4.79 Å². The van der Waals surface area contributed by atoms with Gasteiger partial charge in [0.2, 0.25) is 5.91 Å². The summed E-state index contributed by atoms with van der Waals surface area (Å²) >= 11 is 3.31. The van der Waals surface area contributed by atoms with E-state index >= 15 is 0 Å². The van der Waals surface area contributed by atoms with Gasteiger partial charge in [0.25, 0.3) is 0 Å². The highest BCUT2D eigenvalue weighted by atomic mass is 79.9. The zero-order valence-electron chi connectivity index (χ0n) is 7.30. The van der Waals surface area contributed by atoms with E-state index in [-0.39, 0.29) is 5.91 Å². The monoisotopic (exact) mass is 242 g/mol. The van der Waals surface area contributed by atoms with Crippen molar-refractivity contribution in [1.29, 1.82) is 0 Å². The summed E-state index contributed by atoms with van der Waals surface area (Å²) in [5.74, 6) is -0.0430. The highest BCUT2D eigenvalue weighted by molar-refractivity contribution is 9.10. The largest absolute Gasteiger partial charge is 0.397 e. The summed E-state index contributed by atoms with van der Waals surface area (Å²) in [6.45, 7) is 1.79. The Kier molecular flexibility index (Phi) is 3.31. The first kappa shape index (κ1) is 10.1. The molecular formula is C9H11BrN2O. The van der Waals surface area contributed by atoms with Gasteiger partial charge in [-0.1, -0.05) is 13.0 Å². The van der Waals surface area contributed by atoms with Gasteiger partial charge in [-0.05, 0) is 28.1 Å². The van der Waals surface area contributed by atoms with E-state index in [2.05, 4.69) is 21.2 Å². The molecule has 0 aliphatic rings. The minimum Gasteiger partial charge on any atom is -0.397 e. The molecule has 0 saturated carbocycles. The van der Waals surface area contributed by atoms with Crippen molar-refractivity contribution in [2.75, 3.05) is 11.1 Å². The van der Waals surface area contributed by atoms with Crippen LogP contribution in [0.25, 0.3) is 0 Å². The molecule has 70 valence electrons. The lowest BCUT2D eigenvalue weighted by atomic mass is 10.2. The van der Waals surface area contributed by atoms with E-state index in [0.29, 0.717) is 17.8 Å². The lowest BCUT2D eigenvalue weighted by molar-refractivity contribution is -0.115. The van der Waals surface area contributed by atoms with E-state index in [1.54, 1.807) is 13.0 Å². The maximum Gasteiger partial charge on any atom is 0.224 e. The van der Waals surface area contributed by atoms with Gasteiger partial charge < -0.3 is 11.1 Å². The van der Waals surface area contributed by atoms with Gasteiger partial charge in [0.1, 0.15) is 0 Å². The highest BCUT2D eigenvalue weighted by Crippen LogP contribution is 2.28. The van der Waals surface area contributed by atoms with Gasteiger partial charge >= 0.3 is 0 Å². The molecule has 1 rings (SSSR count). The third-order valence-corrected chi connectivity index (χ3v) is 2.29. The van der Waals surface area contributed by atoms with Crippen molar-refractivity contribution in [1.82, 2.24) is 0 Å². The molecule has 1 aromatic carbocycles. The molecule has 4 heteroatoms. The van der Waals surface area contributed by atoms with Crippen molar-refractivity contribution in [3.8, 4) is 0 Å². The predicted molar refractivity (Wildman–Crippen MR) is 57.5 cm³/mol. The Labute approximate surface area is 85.4 Å². The molecule has 0 fully saturated rings. The molecule has 3 nitrogen and oxygen atoms in total. The van der Waals surface area contributed by atoms with Gasteiger partial charge in [0.15, 0.2) is 0 Å². The smallest absolute Gasteiger partial charge is 0.224 e. The van der Waals surface area contributed by atoms with E-state index in [1.165, 1.54) is 0 Å². The molecule has 0 aliphatic heterocycles. The number of carbonyl (C=O) groups excluding carboxylic acids is 1. The van der Waals surface area contributed by atoms with E-state index in [0.717, 1.165) is 4.47 Å². The number of nitrogen functional groups attached to an aromatic ring is 1. The molecular weight excluding hydrogens is 232 g/mol. The number of benzene rings is 1. The molecule has 0 aromatic heterocycles. The summed E-state index contributed by atoms with van der Waals surface area (Å²) in [6.07, 6.45) is 0.445. The van der Waals surface area contributed by atoms with Crippen molar-refractivity contribution < 1.29 is 4.79 Å². The predicted octanol–water partition coefficient (Wildman–Crippen LogP) is 2.38. The summed E-state index contributed by atoms with van der Waals surface area (Å²) in [5.41, 5.74) is 6.89. The molecule has 1 amide bonds. The van der Waals surface area contributed by atoms with Gasteiger partial charge in [-0.2, -0.15) is 0 Å². The molecule has 3 N–H and O–H groups in total. The molecule has 0 heterocycles. The molecule has 0 unspecified atom stereocenters. The molecule has 0 spiro atoms. The second kappa shape index (κ2) is 4.28. The fourth-order valence-electron chi connectivity index (χ4n) is 0.901. The maximum absolute atomic E-state index is 11.1. The van der Waals surface area contributed by atoms with Crippen molar-refractivity contribution in [2.45, 2.75) is 13.3 Å². The van der Waals surface area contributed by atoms with Crippen LogP contribution in [0.1, 0.15) is 13.3 Å². The minimum absolute atomic E-state index is 0.0430. The Balaban J connectivity index is 2.93. The number of hydrogen-bond donors (Lipinski definition) is 2. The minimum atomic E-state index is -0.0430. The standard InChI is InChI=1S/C9H11BrN2O/c1-2-8(13)12-9-6(10)4-3-5-7(9)11/h3-5H,2,11H2,1H3,(H,12,13). The molecule has 0 radical (unpaired) electrons. The van der Waals surface area contributed by atoms with E-state index in [4.69, 9.17) is 5.73 Å². The van der Waals surface area contributed by atoms with Gasteiger partial charge in [-0.25, -0.2) is 0 Å². The third-order valence-electron chi connectivity index (χ3n) is 1.63. The first-order chi connectivity index (χ1) is 6.15. The van der Waals surface area contributed by atoms with E-state index in [1.807, 2.05) is 12.1 Å². The Hall–Kier alpha value is -1.03. The van der Waals surface area contributed by atoms with Crippen LogP contribution in [0.5, 0.6) is 0 Å². The summed E-state index contributed by atoms with van der Waals surface area (Å²) in [4.78, 5) is 11.1. The summed E-state index contributed by atoms with van der Waals surface area (Å²) in [7, 11) is 0. The number of para-hydroxylation sites is 1. The number of amides is 1. The second-order valence-electron chi connectivity index (χ2n) is 2.61. The van der Waals surface area contributed by atoms with Crippen LogP contribution in [0.15, 0.2) is 22.7 Å². The number of nitrogens with one attached hydrogen (secondary N) is 1. The number of rotatable bonds is 2. The topological polar surface area (TPSA) is 55.1 Å². The zero-order valence-corrected chi connectivity index (χ0v) is 8.89. The molecule has 0 atom stereocenters. The average molecular weight is 243 g/mol. The number of nitrogens with two attached hydrogens (primary N) is 1. The van der Waals surface area contributed by atoms with Crippen LogP contribution >= 0.6 is 15.9 Å². The Morgan fingerprint density at radius 2 is 2.31 bits per heavy atom. The Morgan fingerprint density at radius 3 is 2.85 bits per heavy atom. The highest BCUT2D eigenvalue weighted by Gasteiger charge is 2.05. The van der Waals surface area contributed by atoms with Gasteiger partial charge in [0, 0.05) is 10.9 Å². The molecule has 0 aliphatic carbocycles. The van der Waals surface area contributed by atoms with Gasteiger partial charge in [0.05, 0.1) is 11.4 Å². The van der Waals surface area contributed by atoms with E-state index < -0.39 is 0 Å². The van der Waals surface area contributed by atoms with Crippen molar-refractivity contribution in [3.63, 3.8) is 0 Å². The quantitative estimate of drug-likeness (QED) is 0.783. The van der Waals surface area contributed by atoms with Crippen molar-refractivity contribution >= 4 is 33.2 Å². The maximum atomic E-state index is 11.1. The fraction of sp³-hybridized carbons (Fsp3) is 0.222. The second-order valence-corrected chi connectivity index (χ2v) is 3.46. The number of hydrogen-bond acceptors (Lipinski definition) is 2. The van der Waals surface area contributed by atoms with Crippen LogP contribution in [0.2, 0.25) is 0 Å². The van der Waals surface area contributed by atoms with Crippen LogP contribution in [0, 0.1) is 0 Å². The number of carbonyl (C=O) groups is 1. The summed E-state index contributed by atoms with van der Waals surface area (Å²) < 4.78 is 0.800. The Morgan fingerprint density at radius 1 is 1.62 bits per heavy atom. The Bertz CT molecular complexity index is 305. The molecule has 13 heavy (non-hydrogen) atoms. The number of anilines is 2. The lowest BCUT2D eigenvalue weighted by Gasteiger charge is -2.08. The summed E-state index contributed by atoms with van der Waals surface area (Å²) in [6, 6.07) is 5.40. The summed E-state index contributed by atoms with van der Waals surface area (Å²) in [5, 5.41) is 2.72. The lowest BCUT2D eigenvalue weighted by Crippen LogP contribution is -2.11. The van der Waals surface area contributed by atoms with Crippen LogP contribution in [0.4, 0.5) is 11.4 Å². The fourth-order valence-corrected chi connectivity index (χ4v) is 1.38. The molecule has 1 aromatic rings. The SMILES string of the molecule is CCC(=O)Nc1c(N)cccc1Br. The van der Waals surface area contributed by atoms with Crippen LogP contribution in [0.3, 0.4) is 0 Å². The van der Waals surface area contributed by atoms with Crippen molar-refractivity contribution in [3.05, 3.63) is 22.7 Å². The molecule has 0 saturated heterocycles. The number of halogens is 1. The van der Waals surface area contributed by atoms with Crippen LogP contribution < -0.4 is 11.1 Å². The first-order valence-corrected chi connectivity index (χ1v) is 4.78. The van der Waals surface area contributed by atoms with Gasteiger partial charge in [-0.3, -0.25) is 4.79 Å². The average Bonchev–Trinajstić information content (AvgIpc) is 2.11.